The molecule has 2 aromatic rings. The Morgan fingerprint density at radius 3 is 2.33 bits per heavy atom. The zero-order valence-corrected chi connectivity index (χ0v) is 13.0. The summed E-state index contributed by atoms with van der Waals surface area (Å²) in [7, 11) is -3.29. The van der Waals surface area contributed by atoms with Gasteiger partial charge in [0.05, 0.1) is 4.90 Å². The van der Waals surface area contributed by atoms with Crippen LogP contribution < -0.4 is 5.32 Å². The number of carbonyl (C=O) groups is 1. The molecule has 1 N–H and O–H groups in total. The van der Waals surface area contributed by atoms with Crippen LogP contribution in [0, 0.1) is 13.8 Å². The Labute approximate surface area is 124 Å². The van der Waals surface area contributed by atoms with E-state index in [-0.39, 0.29) is 10.8 Å². The standard InChI is InChI=1S/C16H17NO3S/c1-11-7-8-13(9-12(11)2)16(18)17-14-5-4-6-15(10-14)21(3,19)20/h4-10H,1-3H3,(H,17,18). The van der Waals surface area contributed by atoms with Crippen molar-refractivity contribution in [1.29, 1.82) is 0 Å². The van der Waals surface area contributed by atoms with E-state index in [4.69, 9.17) is 0 Å². The minimum atomic E-state index is -3.29. The summed E-state index contributed by atoms with van der Waals surface area (Å²) in [6, 6.07) is 11.7. The van der Waals surface area contributed by atoms with E-state index in [1.54, 1.807) is 18.2 Å². The molecule has 0 aromatic heterocycles. The van der Waals surface area contributed by atoms with Crippen molar-refractivity contribution in [3.8, 4) is 0 Å². The SMILES string of the molecule is Cc1ccc(C(=O)Nc2cccc(S(C)(=O)=O)c2)cc1C. The van der Waals surface area contributed by atoms with Crippen molar-refractivity contribution in [3.05, 3.63) is 59.2 Å². The van der Waals surface area contributed by atoms with Crippen LogP contribution in [-0.4, -0.2) is 20.6 Å². The minimum Gasteiger partial charge on any atom is -0.322 e. The van der Waals surface area contributed by atoms with Gasteiger partial charge in [-0.2, -0.15) is 0 Å². The van der Waals surface area contributed by atoms with Gasteiger partial charge < -0.3 is 5.32 Å². The van der Waals surface area contributed by atoms with Gasteiger partial charge in [-0.25, -0.2) is 8.42 Å². The quantitative estimate of drug-likeness (QED) is 0.948. The van der Waals surface area contributed by atoms with Crippen LogP contribution in [-0.2, 0) is 9.84 Å². The number of rotatable bonds is 3. The molecule has 0 aliphatic carbocycles. The minimum absolute atomic E-state index is 0.181. The molecule has 1 amide bonds. The Kier molecular flexibility index (Phi) is 4.14. The summed E-state index contributed by atoms with van der Waals surface area (Å²) in [6.07, 6.45) is 1.14. The number of benzene rings is 2. The molecular weight excluding hydrogens is 286 g/mol. The molecule has 110 valence electrons. The fourth-order valence-corrected chi connectivity index (χ4v) is 2.56. The van der Waals surface area contributed by atoms with Gasteiger partial charge in [-0.15, -0.1) is 0 Å². The van der Waals surface area contributed by atoms with Crippen molar-refractivity contribution in [2.24, 2.45) is 0 Å². The number of aryl methyl sites for hydroxylation is 2. The molecule has 0 saturated carbocycles. The van der Waals surface area contributed by atoms with Gasteiger partial charge in [-0.1, -0.05) is 12.1 Å². The second-order valence-electron chi connectivity index (χ2n) is 5.05. The predicted octanol–water partition coefficient (Wildman–Crippen LogP) is 2.96. The number of hydrogen-bond acceptors (Lipinski definition) is 3. The molecule has 0 unspecified atom stereocenters. The predicted molar refractivity (Wildman–Crippen MR) is 83.4 cm³/mol. The number of amides is 1. The van der Waals surface area contributed by atoms with Crippen molar-refractivity contribution in [2.75, 3.05) is 11.6 Å². The van der Waals surface area contributed by atoms with Crippen molar-refractivity contribution in [2.45, 2.75) is 18.7 Å². The molecule has 0 atom stereocenters. The molecule has 0 saturated heterocycles. The fraction of sp³-hybridized carbons (Fsp3) is 0.188. The molecule has 0 aliphatic heterocycles. The fourth-order valence-electron chi connectivity index (χ4n) is 1.89. The average Bonchev–Trinajstić information content (AvgIpc) is 2.41. The maximum Gasteiger partial charge on any atom is 0.255 e. The zero-order chi connectivity index (χ0) is 15.6. The molecule has 0 spiro atoms. The first-order valence-electron chi connectivity index (χ1n) is 6.46. The van der Waals surface area contributed by atoms with Gasteiger partial charge in [0, 0.05) is 17.5 Å². The smallest absolute Gasteiger partial charge is 0.255 e. The Morgan fingerprint density at radius 1 is 1.00 bits per heavy atom. The summed E-state index contributed by atoms with van der Waals surface area (Å²) in [5.74, 6) is -0.260. The monoisotopic (exact) mass is 303 g/mol. The third kappa shape index (κ3) is 3.70. The van der Waals surface area contributed by atoms with E-state index in [0.29, 0.717) is 11.3 Å². The van der Waals surface area contributed by atoms with E-state index in [0.717, 1.165) is 17.4 Å². The molecule has 21 heavy (non-hydrogen) atoms. The molecule has 2 rings (SSSR count). The first-order chi connectivity index (χ1) is 9.77. The van der Waals surface area contributed by atoms with Crippen LogP contribution >= 0.6 is 0 Å². The van der Waals surface area contributed by atoms with Crippen LogP contribution in [0.15, 0.2) is 47.4 Å². The topological polar surface area (TPSA) is 63.2 Å². The van der Waals surface area contributed by atoms with Crippen LogP contribution in [0.3, 0.4) is 0 Å². The molecule has 2 aromatic carbocycles. The van der Waals surface area contributed by atoms with Gasteiger partial charge in [0.1, 0.15) is 0 Å². The number of sulfone groups is 1. The molecular formula is C16H17NO3S. The van der Waals surface area contributed by atoms with Crippen LogP contribution in [0.1, 0.15) is 21.5 Å². The Balaban J connectivity index is 2.25. The maximum atomic E-state index is 12.2. The van der Waals surface area contributed by atoms with E-state index < -0.39 is 9.84 Å². The molecule has 0 aliphatic rings. The zero-order valence-electron chi connectivity index (χ0n) is 12.2. The van der Waals surface area contributed by atoms with E-state index >= 15 is 0 Å². The highest BCUT2D eigenvalue weighted by molar-refractivity contribution is 7.90. The number of nitrogens with one attached hydrogen (secondary N) is 1. The van der Waals surface area contributed by atoms with Crippen LogP contribution in [0.5, 0.6) is 0 Å². The lowest BCUT2D eigenvalue weighted by atomic mass is 10.1. The second-order valence-corrected chi connectivity index (χ2v) is 7.07. The molecule has 0 heterocycles. The lowest BCUT2D eigenvalue weighted by Crippen LogP contribution is -2.12. The van der Waals surface area contributed by atoms with Crippen molar-refractivity contribution >= 4 is 21.4 Å². The Hall–Kier alpha value is -2.14. The van der Waals surface area contributed by atoms with Gasteiger partial charge in [-0.05, 0) is 55.3 Å². The third-order valence-electron chi connectivity index (χ3n) is 3.29. The first-order valence-corrected chi connectivity index (χ1v) is 8.35. The highest BCUT2D eigenvalue weighted by atomic mass is 32.2. The highest BCUT2D eigenvalue weighted by Gasteiger charge is 2.10. The second kappa shape index (κ2) is 5.69. The van der Waals surface area contributed by atoms with Crippen LogP contribution in [0.4, 0.5) is 5.69 Å². The van der Waals surface area contributed by atoms with Crippen LogP contribution in [0.2, 0.25) is 0 Å². The van der Waals surface area contributed by atoms with Gasteiger partial charge in [0.2, 0.25) is 0 Å². The maximum absolute atomic E-state index is 12.2. The van der Waals surface area contributed by atoms with Crippen molar-refractivity contribution in [1.82, 2.24) is 0 Å². The number of anilines is 1. The molecule has 0 radical (unpaired) electrons. The first kappa shape index (κ1) is 15.3. The van der Waals surface area contributed by atoms with Gasteiger partial charge >= 0.3 is 0 Å². The lowest BCUT2D eigenvalue weighted by molar-refractivity contribution is 0.102. The summed E-state index contributed by atoms with van der Waals surface area (Å²) in [6.45, 7) is 3.92. The molecule has 0 bridgehead atoms. The summed E-state index contributed by atoms with van der Waals surface area (Å²) in [5.41, 5.74) is 3.15. The highest BCUT2D eigenvalue weighted by Crippen LogP contribution is 2.17. The Bertz CT molecular complexity index is 795. The summed E-state index contributed by atoms with van der Waals surface area (Å²) in [5, 5.41) is 2.71. The molecule has 4 nitrogen and oxygen atoms in total. The van der Waals surface area contributed by atoms with E-state index in [9.17, 15) is 13.2 Å². The average molecular weight is 303 g/mol. The third-order valence-corrected chi connectivity index (χ3v) is 4.40. The van der Waals surface area contributed by atoms with Gasteiger partial charge in [0.25, 0.3) is 5.91 Å². The van der Waals surface area contributed by atoms with E-state index in [2.05, 4.69) is 5.32 Å². The van der Waals surface area contributed by atoms with E-state index in [1.807, 2.05) is 26.0 Å². The van der Waals surface area contributed by atoms with Gasteiger partial charge in [0.15, 0.2) is 9.84 Å². The number of hydrogen-bond donors (Lipinski definition) is 1. The largest absolute Gasteiger partial charge is 0.322 e. The summed E-state index contributed by atoms with van der Waals surface area (Å²) >= 11 is 0. The van der Waals surface area contributed by atoms with E-state index in [1.165, 1.54) is 12.1 Å². The van der Waals surface area contributed by atoms with Gasteiger partial charge in [-0.3, -0.25) is 4.79 Å². The number of carbonyl (C=O) groups excluding carboxylic acids is 1. The molecule has 5 heteroatoms. The summed E-state index contributed by atoms with van der Waals surface area (Å²) < 4.78 is 23.0. The summed E-state index contributed by atoms with van der Waals surface area (Å²) in [4.78, 5) is 12.4. The van der Waals surface area contributed by atoms with Crippen LogP contribution in [0.25, 0.3) is 0 Å². The Morgan fingerprint density at radius 2 is 1.71 bits per heavy atom. The van der Waals surface area contributed by atoms with Crippen molar-refractivity contribution < 1.29 is 13.2 Å². The van der Waals surface area contributed by atoms with Crippen molar-refractivity contribution in [3.63, 3.8) is 0 Å². The lowest BCUT2D eigenvalue weighted by Gasteiger charge is -2.08. The normalized spacial score (nSPS) is 11.2. The molecule has 0 fully saturated rings.